The zero-order valence-corrected chi connectivity index (χ0v) is 8.28. The number of hydrogen-bond donors (Lipinski definition) is 3. The maximum atomic E-state index is 9.00. The first-order valence-corrected chi connectivity index (χ1v) is 3.88. The molecule has 5 heteroatoms. The Hall–Kier alpha value is -1.10. The number of carboxylic acids is 2. The van der Waals surface area contributed by atoms with Gasteiger partial charge in [-0.05, 0) is 6.42 Å². The quantitative estimate of drug-likeness (QED) is 0.608. The molecule has 0 unspecified atom stereocenters. The normalized spacial score (nSPS) is 7.08. The molecule has 0 heterocycles. The van der Waals surface area contributed by atoms with E-state index in [0.29, 0.717) is 6.61 Å². The molecule has 0 fully saturated rings. The average molecular weight is 194 g/mol. The van der Waals surface area contributed by atoms with Gasteiger partial charge in [-0.3, -0.25) is 9.59 Å². The summed E-state index contributed by atoms with van der Waals surface area (Å²) in [6.45, 7) is 4.56. The number of carbonyl (C=O) groups is 2. The van der Waals surface area contributed by atoms with E-state index >= 15 is 0 Å². The Morgan fingerprint density at radius 2 is 1.31 bits per heavy atom. The van der Waals surface area contributed by atoms with Crippen LogP contribution in [0.25, 0.3) is 0 Å². The van der Waals surface area contributed by atoms with Crippen LogP contribution in [0.2, 0.25) is 0 Å². The Kier molecular flexibility index (Phi) is 23.5. The van der Waals surface area contributed by atoms with Gasteiger partial charge in [-0.25, -0.2) is 0 Å². The van der Waals surface area contributed by atoms with Gasteiger partial charge in [-0.15, -0.1) is 0 Å². The Morgan fingerprint density at radius 1 is 1.08 bits per heavy atom. The van der Waals surface area contributed by atoms with Gasteiger partial charge in [0.05, 0.1) is 0 Å². The highest BCUT2D eigenvalue weighted by atomic mass is 16.4. The van der Waals surface area contributed by atoms with Crippen LogP contribution in [-0.2, 0) is 9.59 Å². The van der Waals surface area contributed by atoms with Crippen LogP contribution in [0.1, 0.15) is 33.6 Å². The Balaban J connectivity index is -0.000000117. The molecule has 0 saturated carbocycles. The van der Waals surface area contributed by atoms with E-state index in [2.05, 4.69) is 6.92 Å². The first kappa shape index (κ1) is 17.8. The molecule has 0 aliphatic heterocycles. The summed E-state index contributed by atoms with van der Waals surface area (Å²) in [4.78, 5) is 18.0. The predicted molar refractivity (Wildman–Crippen MR) is 48.6 cm³/mol. The Labute approximate surface area is 78.0 Å². The lowest BCUT2D eigenvalue weighted by molar-refractivity contribution is -0.135. The number of aliphatic hydroxyl groups is 1. The summed E-state index contributed by atoms with van der Waals surface area (Å²) in [5.41, 5.74) is 0. The molecule has 0 radical (unpaired) electrons. The second-order valence-corrected chi connectivity index (χ2v) is 2.12. The molecule has 80 valence electrons. The molecule has 0 aliphatic rings. The second-order valence-electron chi connectivity index (χ2n) is 2.12. The summed E-state index contributed by atoms with van der Waals surface area (Å²) in [7, 11) is 0. The van der Waals surface area contributed by atoms with E-state index in [1.165, 1.54) is 0 Å². The number of carboxylic acid groups (broad SMARTS) is 2. The highest BCUT2D eigenvalue weighted by Crippen LogP contribution is 1.78. The van der Waals surface area contributed by atoms with Gasteiger partial charge >= 0.3 is 0 Å². The standard InChI is InChI=1S/C4H10O.2C2H4O2/c1-2-3-4-5;2*1-2(3)4/h5H,2-4H2,1H3;2*1H3,(H,3,4). The molecule has 0 spiro atoms. The third kappa shape index (κ3) is 1070. The van der Waals surface area contributed by atoms with Gasteiger partial charge in [0, 0.05) is 20.5 Å². The molecule has 0 amide bonds. The van der Waals surface area contributed by atoms with Crippen molar-refractivity contribution in [1.82, 2.24) is 0 Å². The molecule has 0 aromatic carbocycles. The van der Waals surface area contributed by atoms with Crippen molar-refractivity contribution in [2.45, 2.75) is 33.6 Å². The van der Waals surface area contributed by atoms with Gasteiger partial charge in [0.15, 0.2) is 0 Å². The molecule has 0 bridgehead atoms. The molecule has 0 saturated heterocycles. The van der Waals surface area contributed by atoms with Crippen LogP contribution in [0.15, 0.2) is 0 Å². The fourth-order valence-electron chi connectivity index (χ4n) is 0.158. The fraction of sp³-hybridized carbons (Fsp3) is 0.750. The topological polar surface area (TPSA) is 94.8 Å². The third-order valence-corrected chi connectivity index (χ3v) is 0.512. The lowest BCUT2D eigenvalue weighted by Crippen LogP contribution is -1.78. The number of hydrogen-bond acceptors (Lipinski definition) is 3. The maximum Gasteiger partial charge on any atom is 0.300 e. The fourth-order valence-corrected chi connectivity index (χ4v) is 0.158. The lowest BCUT2D eigenvalue weighted by atomic mass is 10.4. The Bertz CT molecular complexity index is 99.7. The van der Waals surface area contributed by atoms with Crippen molar-refractivity contribution in [2.24, 2.45) is 0 Å². The highest BCUT2D eigenvalue weighted by molar-refractivity contribution is 5.63. The SMILES string of the molecule is CC(=O)O.CC(=O)O.CCCCO. The summed E-state index contributed by atoms with van der Waals surface area (Å²) in [5.74, 6) is -1.67. The summed E-state index contributed by atoms with van der Waals surface area (Å²) in [5, 5.41) is 22.9. The highest BCUT2D eigenvalue weighted by Gasteiger charge is 1.69. The summed E-state index contributed by atoms with van der Waals surface area (Å²) in [6.07, 6.45) is 2.04. The molecule has 5 nitrogen and oxygen atoms in total. The van der Waals surface area contributed by atoms with Crippen molar-refractivity contribution < 1.29 is 24.9 Å². The zero-order valence-electron chi connectivity index (χ0n) is 8.28. The van der Waals surface area contributed by atoms with Gasteiger partial charge < -0.3 is 15.3 Å². The van der Waals surface area contributed by atoms with Crippen molar-refractivity contribution in [3.05, 3.63) is 0 Å². The van der Waals surface area contributed by atoms with E-state index < -0.39 is 11.9 Å². The van der Waals surface area contributed by atoms with Crippen LogP contribution in [0.3, 0.4) is 0 Å². The van der Waals surface area contributed by atoms with E-state index in [1.807, 2.05) is 0 Å². The van der Waals surface area contributed by atoms with Crippen molar-refractivity contribution in [1.29, 1.82) is 0 Å². The molecular weight excluding hydrogens is 176 g/mol. The molecule has 0 aromatic heterocycles. The van der Waals surface area contributed by atoms with Crippen LogP contribution < -0.4 is 0 Å². The van der Waals surface area contributed by atoms with Crippen molar-refractivity contribution >= 4 is 11.9 Å². The molecule has 0 rings (SSSR count). The van der Waals surface area contributed by atoms with Crippen LogP contribution in [0, 0.1) is 0 Å². The molecule has 13 heavy (non-hydrogen) atoms. The molecular formula is C8H18O5. The third-order valence-electron chi connectivity index (χ3n) is 0.512. The molecule has 3 N–H and O–H groups in total. The lowest BCUT2D eigenvalue weighted by Gasteiger charge is -1.79. The van der Waals surface area contributed by atoms with E-state index in [9.17, 15) is 0 Å². The predicted octanol–water partition coefficient (Wildman–Crippen LogP) is 0.961. The van der Waals surface area contributed by atoms with Crippen molar-refractivity contribution in [3.63, 3.8) is 0 Å². The van der Waals surface area contributed by atoms with Gasteiger partial charge in [-0.2, -0.15) is 0 Å². The van der Waals surface area contributed by atoms with E-state index in [4.69, 9.17) is 24.9 Å². The van der Waals surface area contributed by atoms with E-state index in [1.54, 1.807) is 0 Å². The molecule has 0 atom stereocenters. The van der Waals surface area contributed by atoms with Gasteiger partial charge in [0.2, 0.25) is 0 Å². The van der Waals surface area contributed by atoms with Gasteiger partial charge in [0.25, 0.3) is 11.9 Å². The minimum atomic E-state index is -0.833. The van der Waals surface area contributed by atoms with Crippen molar-refractivity contribution in [2.75, 3.05) is 6.61 Å². The zero-order chi connectivity index (χ0) is 11.3. The van der Waals surface area contributed by atoms with Gasteiger partial charge in [0.1, 0.15) is 0 Å². The smallest absolute Gasteiger partial charge is 0.300 e. The van der Waals surface area contributed by atoms with Crippen molar-refractivity contribution in [3.8, 4) is 0 Å². The second kappa shape index (κ2) is 17.1. The monoisotopic (exact) mass is 194 g/mol. The van der Waals surface area contributed by atoms with Crippen LogP contribution in [0.4, 0.5) is 0 Å². The summed E-state index contributed by atoms with van der Waals surface area (Å²) < 4.78 is 0. The summed E-state index contributed by atoms with van der Waals surface area (Å²) in [6, 6.07) is 0. The largest absolute Gasteiger partial charge is 0.481 e. The minimum absolute atomic E-state index is 0.344. The Morgan fingerprint density at radius 3 is 1.31 bits per heavy atom. The summed E-state index contributed by atoms with van der Waals surface area (Å²) >= 11 is 0. The molecule has 0 aromatic rings. The maximum absolute atomic E-state index is 9.00. The number of unbranched alkanes of at least 4 members (excludes halogenated alkanes) is 1. The first-order valence-electron chi connectivity index (χ1n) is 3.88. The van der Waals surface area contributed by atoms with Crippen LogP contribution in [-0.4, -0.2) is 33.9 Å². The number of aliphatic hydroxyl groups excluding tert-OH is 1. The van der Waals surface area contributed by atoms with Crippen LogP contribution in [0.5, 0.6) is 0 Å². The first-order chi connectivity index (χ1) is 5.88. The van der Waals surface area contributed by atoms with Crippen LogP contribution >= 0.6 is 0 Å². The number of rotatable bonds is 2. The van der Waals surface area contributed by atoms with Gasteiger partial charge in [-0.1, -0.05) is 13.3 Å². The van der Waals surface area contributed by atoms with E-state index in [0.717, 1.165) is 26.7 Å². The average Bonchev–Trinajstić information content (AvgIpc) is 1.86. The number of aliphatic carboxylic acids is 2. The van der Waals surface area contributed by atoms with E-state index in [-0.39, 0.29) is 0 Å². The minimum Gasteiger partial charge on any atom is -0.481 e. The molecule has 0 aliphatic carbocycles.